The monoisotopic (exact) mass is 357 g/mol. The second-order valence-electron chi connectivity index (χ2n) is 6.56. The standard InChI is InChI=1S/C19H23N3O4/c1-3-26-19(25)14-7-9-21(10-8-14)16(23)11-22-12-20-17-13(2)5-4-6-15(17)18(22)24/h4-6,12,14H,3,7-11H2,1-2H3. The third-order valence-electron chi connectivity index (χ3n) is 4.83. The summed E-state index contributed by atoms with van der Waals surface area (Å²) in [5.74, 6) is -0.472. The van der Waals surface area contributed by atoms with E-state index in [1.165, 1.54) is 10.9 Å². The summed E-state index contributed by atoms with van der Waals surface area (Å²) in [5, 5.41) is 0.515. The molecule has 2 aromatic rings. The Morgan fingerprint density at radius 1 is 1.27 bits per heavy atom. The third kappa shape index (κ3) is 3.61. The van der Waals surface area contributed by atoms with E-state index in [0.717, 1.165) is 5.56 Å². The molecule has 1 aliphatic heterocycles. The number of benzene rings is 1. The minimum absolute atomic E-state index is 0.0419. The van der Waals surface area contributed by atoms with Crippen LogP contribution in [0.15, 0.2) is 29.3 Å². The Bertz CT molecular complexity index is 882. The molecular formula is C19H23N3O4. The summed E-state index contributed by atoms with van der Waals surface area (Å²) in [6, 6.07) is 5.44. The van der Waals surface area contributed by atoms with Gasteiger partial charge in [0.15, 0.2) is 0 Å². The van der Waals surface area contributed by atoms with E-state index < -0.39 is 0 Å². The van der Waals surface area contributed by atoms with Crippen LogP contribution in [0, 0.1) is 12.8 Å². The summed E-state index contributed by atoms with van der Waals surface area (Å²) in [6.45, 7) is 5.01. The van der Waals surface area contributed by atoms with Crippen molar-refractivity contribution in [2.24, 2.45) is 5.92 Å². The van der Waals surface area contributed by atoms with Crippen LogP contribution in [0.5, 0.6) is 0 Å². The Labute approximate surface area is 151 Å². The molecule has 138 valence electrons. The number of nitrogens with zero attached hydrogens (tertiary/aromatic N) is 3. The topological polar surface area (TPSA) is 81.5 Å². The molecule has 0 radical (unpaired) electrons. The van der Waals surface area contributed by atoms with Crippen LogP contribution in [0.1, 0.15) is 25.3 Å². The summed E-state index contributed by atoms with van der Waals surface area (Å²) in [4.78, 5) is 43.0. The van der Waals surface area contributed by atoms with Gasteiger partial charge in [0.2, 0.25) is 5.91 Å². The number of fused-ring (bicyclic) bond motifs is 1. The Morgan fingerprint density at radius 3 is 2.69 bits per heavy atom. The average Bonchev–Trinajstić information content (AvgIpc) is 2.65. The number of hydrogen-bond acceptors (Lipinski definition) is 5. The summed E-state index contributed by atoms with van der Waals surface area (Å²) in [7, 11) is 0. The minimum atomic E-state index is -0.214. The molecule has 1 aromatic carbocycles. The van der Waals surface area contributed by atoms with Crippen molar-refractivity contribution in [3.8, 4) is 0 Å². The van der Waals surface area contributed by atoms with Crippen LogP contribution >= 0.6 is 0 Å². The van der Waals surface area contributed by atoms with Crippen molar-refractivity contribution in [3.05, 3.63) is 40.4 Å². The molecule has 1 aliphatic rings. The van der Waals surface area contributed by atoms with Crippen molar-refractivity contribution < 1.29 is 14.3 Å². The maximum atomic E-state index is 12.6. The van der Waals surface area contributed by atoms with E-state index in [0.29, 0.717) is 43.4 Å². The van der Waals surface area contributed by atoms with Gasteiger partial charge < -0.3 is 9.64 Å². The molecule has 0 saturated carbocycles. The van der Waals surface area contributed by atoms with E-state index >= 15 is 0 Å². The van der Waals surface area contributed by atoms with Crippen LogP contribution in [0.25, 0.3) is 10.9 Å². The SMILES string of the molecule is CCOC(=O)C1CCN(C(=O)Cn2cnc3c(C)cccc3c2=O)CC1. The lowest BCUT2D eigenvalue weighted by atomic mass is 9.97. The van der Waals surface area contributed by atoms with Gasteiger partial charge in [-0.1, -0.05) is 12.1 Å². The number of amides is 1. The van der Waals surface area contributed by atoms with Gasteiger partial charge in [-0.3, -0.25) is 19.0 Å². The number of esters is 1. The van der Waals surface area contributed by atoms with E-state index in [-0.39, 0.29) is 29.9 Å². The van der Waals surface area contributed by atoms with Crippen LogP contribution in [-0.2, 0) is 20.9 Å². The molecular weight excluding hydrogens is 334 g/mol. The zero-order valence-electron chi connectivity index (χ0n) is 15.1. The second-order valence-corrected chi connectivity index (χ2v) is 6.56. The number of ether oxygens (including phenoxy) is 1. The average molecular weight is 357 g/mol. The van der Waals surface area contributed by atoms with Crippen molar-refractivity contribution in [2.45, 2.75) is 33.2 Å². The Kier molecular flexibility index (Phi) is 5.35. The molecule has 0 unspecified atom stereocenters. The lowest BCUT2D eigenvalue weighted by Gasteiger charge is -2.31. The highest BCUT2D eigenvalue weighted by Gasteiger charge is 2.28. The molecule has 3 rings (SSSR count). The zero-order chi connectivity index (χ0) is 18.7. The van der Waals surface area contributed by atoms with Gasteiger partial charge in [0.1, 0.15) is 6.54 Å². The van der Waals surface area contributed by atoms with Crippen molar-refractivity contribution >= 4 is 22.8 Å². The molecule has 0 atom stereocenters. The first-order valence-corrected chi connectivity index (χ1v) is 8.90. The molecule has 1 saturated heterocycles. The number of carbonyl (C=O) groups is 2. The Hall–Kier alpha value is -2.70. The fraction of sp³-hybridized carbons (Fsp3) is 0.474. The fourth-order valence-corrected chi connectivity index (χ4v) is 3.32. The Morgan fingerprint density at radius 2 is 2.00 bits per heavy atom. The highest BCUT2D eigenvalue weighted by atomic mass is 16.5. The molecule has 0 bridgehead atoms. The van der Waals surface area contributed by atoms with Crippen LogP contribution in [0.2, 0.25) is 0 Å². The summed E-state index contributed by atoms with van der Waals surface area (Å²) in [6.07, 6.45) is 2.62. The first-order chi connectivity index (χ1) is 12.5. The highest BCUT2D eigenvalue weighted by Crippen LogP contribution is 2.19. The number of hydrogen-bond donors (Lipinski definition) is 0. The lowest BCUT2D eigenvalue weighted by Crippen LogP contribution is -2.43. The molecule has 1 aromatic heterocycles. The maximum Gasteiger partial charge on any atom is 0.309 e. The van der Waals surface area contributed by atoms with Crippen molar-refractivity contribution in [1.29, 1.82) is 0 Å². The smallest absolute Gasteiger partial charge is 0.309 e. The number of piperidine rings is 1. The van der Waals surface area contributed by atoms with Gasteiger partial charge in [-0.25, -0.2) is 4.98 Å². The van der Waals surface area contributed by atoms with Gasteiger partial charge in [-0.05, 0) is 38.3 Å². The number of likely N-dealkylation sites (tertiary alicyclic amines) is 1. The molecule has 0 spiro atoms. The first-order valence-electron chi connectivity index (χ1n) is 8.90. The highest BCUT2D eigenvalue weighted by molar-refractivity contribution is 5.81. The lowest BCUT2D eigenvalue weighted by molar-refractivity contribution is -0.151. The fourth-order valence-electron chi connectivity index (χ4n) is 3.32. The van der Waals surface area contributed by atoms with Crippen molar-refractivity contribution in [1.82, 2.24) is 14.5 Å². The van der Waals surface area contributed by atoms with Gasteiger partial charge in [0.05, 0.1) is 29.8 Å². The van der Waals surface area contributed by atoms with E-state index in [1.54, 1.807) is 17.9 Å². The van der Waals surface area contributed by atoms with Gasteiger partial charge in [-0.15, -0.1) is 0 Å². The predicted octanol–water partition coefficient (Wildman–Crippen LogP) is 1.51. The maximum absolute atomic E-state index is 12.6. The third-order valence-corrected chi connectivity index (χ3v) is 4.83. The van der Waals surface area contributed by atoms with E-state index in [2.05, 4.69) is 4.98 Å². The van der Waals surface area contributed by atoms with Crippen LogP contribution < -0.4 is 5.56 Å². The number of rotatable bonds is 4. The van der Waals surface area contributed by atoms with E-state index in [4.69, 9.17) is 4.74 Å². The van der Waals surface area contributed by atoms with Crippen LogP contribution in [0.4, 0.5) is 0 Å². The molecule has 2 heterocycles. The quantitative estimate of drug-likeness (QED) is 0.775. The van der Waals surface area contributed by atoms with Gasteiger partial charge in [-0.2, -0.15) is 0 Å². The Balaban J connectivity index is 1.68. The first kappa shape index (κ1) is 18.1. The minimum Gasteiger partial charge on any atom is -0.466 e. The molecule has 1 fully saturated rings. The van der Waals surface area contributed by atoms with Gasteiger partial charge >= 0.3 is 5.97 Å². The number of carbonyl (C=O) groups excluding carboxylic acids is 2. The van der Waals surface area contributed by atoms with E-state index in [1.807, 2.05) is 19.1 Å². The summed E-state index contributed by atoms with van der Waals surface area (Å²) < 4.78 is 6.39. The molecule has 0 aliphatic carbocycles. The number of aromatic nitrogens is 2. The molecule has 0 N–H and O–H groups in total. The summed E-state index contributed by atoms with van der Waals surface area (Å²) >= 11 is 0. The van der Waals surface area contributed by atoms with E-state index in [9.17, 15) is 14.4 Å². The largest absolute Gasteiger partial charge is 0.466 e. The second kappa shape index (κ2) is 7.68. The van der Waals surface area contributed by atoms with Crippen LogP contribution in [0.3, 0.4) is 0 Å². The molecule has 7 heteroatoms. The van der Waals surface area contributed by atoms with Crippen molar-refractivity contribution in [2.75, 3.05) is 19.7 Å². The normalized spacial score (nSPS) is 15.2. The summed E-state index contributed by atoms with van der Waals surface area (Å²) in [5.41, 5.74) is 1.38. The molecule has 1 amide bonds. The van der Waals surface area contributed by atoms with Crippen LogP contribution in [-0.4, -0.2) is 46.0 Å². The number of para-hydroxylation sites is 1. The zero-order valence-corrected chi connectivity index (χ0v) is 15.1. The predicted molar refractivity (Wildman–Crippen MR) is 96.7 cm³/mol. The molecule has 26 heavy (non-hydrogen) atoms. The molecule has 7 nitrogen and oxygen atoms in total. The van der Waals surface area contributed by atoms with Gasteiger partial charge in [0, 0.05) is 13.1 Å². The van der Waals surface area contributed by atoms with Crippen molar-refractivity contribution in [3.63, 3.8) is 0 Å². The number of aryl methyl sites for hydroxylation is 1. The van der Waals surface area contributed by atoms with Gasteiger partial charge in [0.25, 0.3) is 5.56 Å².